The van der Waals surface area contributed by atoms with Crippen LogP contribution in [0.2, 0.25) is 0 Å². The van der Waals surface area contributed by atoms with Gasteiger partial charge in [-0.1, -0.05) is 24.3 Å². The van der Waals surface area contributed by atoms with Crippen molar-refractivity contribution in [2.45, 2.75) is 32.2 Å². The smallest absolute Gasteiger partial charge is 0.242 e. The molecule has 1 N–H and O–H groups in total. The van der Waals surface area contributed by atoms with E-state index in [1.807, 2.05) is 4.90 Å². The average molecular weight is 315 g/mol. The van der Waals surface area contributed by atoms with Crippen molar-refractivity contribution >= 4 is 11.8 Å². The molecule has 5 heteroatoms. The fourth-order valence-corrected chi connectivity index (χ4v) is 3.72. The zero-order chi connectivity index (χ0) is 16.4. The van der Waals surface area contributed by atoms with Crippen LogP contribution in [0.4, 0.5) is 0 Å². The number of amides is 2. The number of piperazine rings is 1. The lowest BCUT2D eigenvalue weighted by molar-refractivity contribution is -0.141. The lowest BCUT2D eigenvalue weighted by atomic mass is 9.93. The third kappa shape index (κ3) is 3.39. The molecule has 5 nitrogen and oxygen atoms in total. The first kappa shape index (κ1) is 16.0. The topological polar surface area (TPSA) is 52.7 Å². The quantitative estimate of drug-likeness (QED) is 0.910. The highest BCUT2D eigenvalue weighted by molar-refractivity contribution is 5.86. The lowest BCUT2D eigenvalue weighted by Crippen LogP contribution is -2.52. The number of nitrogens with one attached hydrogen (secondary N) is 1. The monoisotopic (exact) mass is 315 g/mol. The summed E-state index contributed by atoms with van der Waals surface area (Å²) in [7, 11) is 0. The molecule has 0 unspecified atom stereocenters. The molecule has 0 aliphatic carbocycles. The Balaban J connectivity index is 1.65. The molecule has 1 aromatic rings. The van der Waals surface area contributed by atoms with Crippen molar-refractivity contribution in [1.82, 2.24) is 15.1 Å². The van der Waals surface area contributed by atoms with Gasteiger partial charge in [0.25, 0.3) is 0 Å². The van der Waals surface area contributed by atoms with Gasteiger partial charge in [-0.05, 0) is 31.4 Å². The zero-order valence-electron chi connectivity index (χ0n) is 13.9. The van der Waals surface area contributed by atoms with Gasteiger partial charge in [-0.25, -0.2) is 0 Å². The Labute approximate surface area is 137 Å². The summed E-state index contributed by atoms with van der Waals surface area (Å²) >= 11 is 0. The molecule has 0 spiro atoms. The van der Waals surface area contributed by atoms with Crippen LogP contribution in [-0.4, -0.2) is 60.4 Å². The third-order valence-electron chi connectivity index (χ3n) is 5.04. The van der Waals surface area contributed by atoms with Crippen molar-refractivity contribution in [3.05, 3.63) is 35.4 Å². The van der Waals surface area contributed by atoms with Gasteiger partial charge in [-0.2, -0.15) is 0 Å². The summed E-state index contributed by atoms with van der Waals surface area (Å²) in [5, 5.41) is 3.03. The van der Waals surface area contributed by atoms with Gasteiger partial charge in [0.2, 0.25) is 11.8 Å². The Morgan fingerprint density at radius 3 is 2.87 bits per heavy atom. The minimum absolute atomic E-state index is 0.0203. The normalized spacial score (nSPS) is 25.0. The second kappa shape index (κ2) is 6.71. The Hall–Kier alpha value is -1.88. The maximum absolute atomic E-state index is 12.6. The number of hydrogen-bond donors (Lipinski definition) is 1. The molecule has 0 bridgehead atoms. The molecule has 0 aromatic heterocycles. The summed E-state index contributed by atoms with van der Waals surface area (Å²) in [5.74, 6) is 0.490. The number of carbonyl (C=O) groups is 2. The van der Waals surface area contributed by atoms with Gasteiger partial charge in [-0.3, -0.25) is 9.59 Å². The number of rotatable bonds is 3. The van der Waals surface area contributed by atoms with Crippen molar-refractivity contribution in [3.63, 3.8) is 0 Å². The SMILES string of the molecule is Cc1ccccc1[C@@H]1C[C@H](C)N(C(=O)CN2CCNCC2=O)C1. The van der Waals surface area contributed by atoms with Crippen LogP contribution in [0.25, 0.3) is 0 Å². The standard InChI is InChI=1S/C18H25N3O2/c1-13-5-3-4-6-16(13)15-9-14(2)21(11-15)18(23)12-20-8-7-19-10-17(20)22/h3-6,14-15,19H,7-12H2,1-2H3/t14-,15+/m0/s1. The van der Waals surface area contributed by atoms with Crippen LogP contribution in [-0.2, 0) is 9.59 Å². The maximum Gasteiger partial charge on any atom is 0.242 e. The van der Waals surface area contributed by atoms with Crippen LogP contribution in [0.1, 0.15) is 30.4 Å². The average Bonchev–Trinajstić information content (AvgIpc) is 2.92. The van der Waals surface area contributed by atoms with E-state index in [-0.39, 0.29) is 24.4 Å². The number of hydrogen-bond acceptors (Lipinski definition) is 3. The molecule has 2 aliphatic heterocycles. The summed E-state index contributed by atoms with van der Waals surface area (Å²) in [4.78, 5) is 28.1. The van der Waals surface area contributed by atoms with Gasteiger partial charge in [-0.15, -0.1) is 0 Å². The van der Waals surface area contributed by atoms with E-state index in [2.05, 4.69) is 43.4 Å². The summed E-state index contributed by atoms with van der Waals surface area (Å²) in [6.45, 7) is 6.93. The van der Waals surface area contributed by atoms with Gasteiger partial charge in [0, 0.05) is 31.6 Å². The molecule has 0 saturated carbocycles. The van der Waals surface area contributed by atoms with Gasteiger partial charge < -0.3 is 15.1 Å². The number of aryl methyl sites for hydroxylation is 1. The Morgan fingerprint density at radius 1 is 1.35 bits per heavy atom. The number of nitrogens with zero attached hydrogens (tertiary/aromatic N) is 2. The zero-order valence-corrected chi connectivity index (χ0v) is 13.9. The molecule has 2 aliphatic rings. The van der Waals surface area contributed by atoms with Crippen LogP contribution < -0.4 is 5.32 Å². The molecule has 1 aromatic carbocycles. The molecular weight excluding hydrogens is 290 g/mol. The highest BCUT2D eigenvalue weighted by atomic mass is 16.2. The molecule has 2 amide bonds. The number of carbonyl (C=O) groups excluding carboxylic acids is 2. The Bertz CT molecular complexity index is 602. The highest BCUT2D eigenvalue weighted by Gasteiger charge is 2.34. The summed E-state index contributed by atoms with van der Waals surface area (Å²) in [6.07, 6.45) is 0.992. The molecule has 124 valence electrons. The van der Waals surface area contributed by atoms with Crippen LogP contribution in [0.3, 0.4) is 0 Å². The number of likely N-dealkylation sites (tertiary alicyclic amines) is 1. The first-order valence-electron chi connectivity index (χ1n) is 8.39. The predicted molar refractivity (Wildman–Crippen MR) is 89.2 cm³/mol. The van der Waals surface area contributed by atoms with E-state index in [0.717, 1.165) is 19.5 Å². The fourth-order valence-electron chi connectivity index (χ4n) is 3.72. The second-order valence-electron chi connectivity index (χ2n) is 6.68. The molecule has 2 fully saturated rings. The van der Waals surface area contributed by atoms with Crippen molar-refractivity contribution in [3.8, 4) is 0 Å². The number of benzene rings is 1. The Kier molecular flexibility index (Phi) is 4.66. The first-order chi connectivity index (χ1) is 11.1. The van der Waals surface area contributed by atoms with E-state index in [1.54, 1.807) is 4.90 Å². The molecule has 23 heavy (non-hydrogen) atoms. The van der Waals surface area contributed by atoms with Crippen molar-refractivity contribution in [2.24, 2.45) is 0 Å². The van der Waals surface area contributed by atoms with Gasteiger partial charge in [0.15, 0.2) is 0 Å². The minimum atomic E-state index is 0.0203. The minimum Gasteiger partial charge on any atom is -0.338 e. The van der Waals surface area contributed by atoms with Crippen molar-refractivity contribution in [1.29, 1.82) is 0 Å². The van der Waals surface area contributed by atoms with Crippen molar-refractivity contribution in [2.75, 3.05) is 32.7 Å². The molecule has 2 atom stereocenters. The van der Waals surface area contributed by atoms with E-state index in [4.69, 9.17) is 0 Å². The van der Waals surface area contributed by atoms with E-state index in [9.17, 15) is 9.59 Å². The maximum atomic E-state index is 12.6. The summed E-state index contributed by atoms with van der Waals surface area (Å²) in [6, 6.07) is 8.64. The predicted octanol–water partition coefficient (Wildman–Crippen LogP) is 1.13. The van der Waals surface area contributed by atoms with E-state index in [1.165, 1.54) is 11.1 Å². The molecule has 0 radical (unpaired) electrons. The summed E-state index contributed by atoms with van der Waals surface area (Å²) in [5.41, 5.74) is 2.63. The molecular formula is C18H25N3O2. The Morgan fingerprint density at radius 2 is 2.13 bits per heavy atom. The van der Waals surface area contributed by atoms with Crippen molar-refractivity contribution < 1.29 is 9.59 Å². The molecule has 3 rings (SSSR count). The highest BCUT2D eigenvalue weighted by Crippen LogP contribution is 2.33. The van der Waals surface area contributed by atoms with Gasteiger partial charge in [0.05, 0.1) is 13.1 Å². The van der Waals surface area contributed by atoms with E-state index >= 15 is 0 Å². The summed E-state index contributed by atoms with van der Waals surface area (Å²) < 4.78 is 0. The van der Waals surface area contributed by atoms with E-state index < -0.39 is 0 Å². The van der Waals surface area contributed by atoms with Gasteiger partial charge >= 0.3 is 0 Å². The second-order valence-corrected chi connectivity index (χ2v) is 6.68. The van der Waals surface area contributed by atoms with E-state index in [0.29, 0.717) is 19.0 Å². The first-order valence-corrected chi connectivity index (χ1v) is 8.39. The fraction of sp³-hybridized carbons (Fsp3) is 0.556. The van der Waals surface area contributed by atoms with Crippen LogP contribution in [0, 0.1) is 6.92 Å². The van der Waals surface area contributed by atoms with Crippen LogP contribution in [0.5, 0.6) is 0 Å². The largest absolute Gasteiger partial charge is 0.338 e. The van der Waals surface area contributed by atoms with Gasteiger partial charge in [0.1, 0.15) is 0 Å². The van der Waals surface area contributed by atoms with Crippen LogP contribution >= 0.6 is 0 Å². The molecule has 2 heterocycles. The van der Waals surface area contributed by atoms with Crippen LogP contribution in [0.15, 0.2) is 24.3 Å². The molecule has 2 saturated heterocycles. The lowest BCUT2D eigenvalue weighted by Gasteiger charge is -2.30. The third-order valence-corrected chi connectivity index (χ3v) is 5.04.